The van der Waals surface area contributed by atoms with Crippen LogP contribution in [0.5, 0.6) is 0 Å². The Labute approximate surface area is 77.8 Å². The second kappa shape index (κ2) is 3.85. The van der Waals surface area contributed by atoms with Gasteiger partial charge in [-0.15, -0.1) is 10.2 Å². The molecule has 1 aliphatic rings. The molecule has 72 valence electrons. The van der Waals surface area contributed by atoms with Gasteiger partial charge in [0.05, 0.1) is 6.54 Å². The molecule has 1 N–H and O–H groups in total. The molecule has 5 heteroatoms. The first-order chi connectivity index (χ1) is 6.36. The first kappa shape index (κ1) is 8.65. The van der Waals surface area contributed by atoms with Gasteiger partial charge in [0.25, 0.3) is 0 Å². The summed E-state index contributed by atoms with van der Waals surface area (Å²) in [6.07, 6.45) is 1.75. The summed E-state index contributed by atoms with van der Waals surface area (Å²) >= 11 is 0. The van der Waals surface area contributed by atoms with E-state index in [4.69, 9.17) is 0 Å². The highest BCUT2D eigenvalue weighted by Gasteiger charge is 2.11. The Bertz CT molecular complexity index is 263. The molecule has 2 rings (SSSR count). The lowest BCUT2D eigenvalue weighted by Gasteiger charge is -2.26. The predicted octanol–water partition coefficient (Wildman–Crippen LogP) is -0.780. The van der Waals surface area contributed by atoms with Crippen molar-refractivity contribution in [2.45, 2.75) is 6.54 Å². The summed E-state index contributed by atoms with van der Waals surface area (Å²) in [4.78, 5) is 2.39. The van der Waals surface area contributed by atoms with Gasteiger partial charge in [-0.2, -0.15) is 0 Å². The molecule has 0 amide bonds. The molecule has 13 heavy (non-hydrogen) atoms. The number of nitrogens with one attached hydrogen (secondary N) is 1. The van der Waals surface area contributed by atoms with E-state index in [0.29, 0.717) is 0 Å². The van der Waals surface area contributed by atoms with Crippen LogP contribution in [0.3, 0.4) is 0 Å². The highest BCUT2D eigenvalue weighted by molar-refractivity contribution is 4.85. The smallest absolute Gasteiger partial charge is 0.146 e. The first-order valence-corrected chi connectivity index (χ1v) is 4.62. The Morgan fingerprint density at radius 1 is 1.46 bits per heavy atom. The minimum Gasteiger partial charge on any atom is -0.320 e. The van der Waals surface area contributed by atoms with Gasteiger partial charge in [-0.1, -0.05) is 0 Å². The van der Waals surface area contributed by atoms with Crippen LogP contribution in [-0.2, 0) is 13.6 Å². The number of aromatic nitrogens is 3. The van der Waals surface area contributed by atoms with Gasteiger partial charge in [0.2, 0.25) is 0 Å². The summed E-state index contributed by atoms with van der Waals surface area (Å²) in [5.41, 5.74) is 0. The molecular weight excluding hydrogens is 166 g/mol. The quantitative estimate of drug-likeness (QED) is 0.650. The van der Waals surface area contributed by atoms with Crippen LogP contribution in [-0.4, -0.2) is 45.8 Å². The van der Waals surface area contributed by atoms with Crippen molar-refractivity contribution >= 4 is 0 Å². The van der Waals surface area contributed by atoms with Crippen molar-refractivity contribution in [2.75, 3.05) is 26.2 Å². The van der Waals surface area contributed by atoms with Crippen LogP contribution in [0.25, 0.3) is 0 Å². The minimum absolute atomic E-state index is 0.915. The molecule has 0 aromatic carbocycles. The Morgan fingerprint density at radius 2 is 2.23 bits per heavy atom. The summed E-state index contributed by atoms with van der Waals surface area (Å²) in [5.74, 6) is 1.04. The summed E-state index contributed by atoms with van der Waals surface area (Å²) < 4.78 is 1.97. The van der Waals surface area contributed by atoms with E-state index in [1.54, 1.807) is 6.33 Å². The van der Waals surface area contributed by atoms with E-state index >= 15 is 0 Å². The Balaban J connectivity index is 1.93. The molecule has 1 aromatic rings. The fourth-order valence-corrected chi connectivity index (χ4v) is 1.52. The van der Waals surface area contributed by atoms with Crippen molar-refractivity contribution in [3.05, 3.63) is 12.2 Å². The maximum Gasteiger partial charge on any atom is 0.146 e. The van der Waals surface area contributed by atoms with Gasteiger partial charge in [-0.3, -0.25) is 4.90 Å². The van der Waals surface area contributed by atoms with E-state index in [-0.39, 0.29) is 0 Å². The summed E-state index contributed by atoms with van der Waals surface area (Å²) in [6.45, 7) is 5.29. The predicted molar refractivity (Wildman–Crippen MR) is 49.1 cm³/mol. The Morgan fingerprint density at radius 3 is 2.85 bits per heavy atom. The molecule has 0 radical (unpaired) electrons. The van der Waals surface area contributed by atoms with Gasteiger partial charge in [-0.05, 0) is 0 Å². The fourth-order valence-electron chi connectivity index (χ4n) is 1.52. The number of rotatable bonds is 2. The average molecular weight is 181 g/mol. The van der Waals surface area contributed by atoms with Crippen molar-refractivity contribution in [1.82, 2.24) is 25.0 Å². The van der Waals surface area contributed by atoms with E-state index in [0.717, 1.165) is 38.5 Å². The van der Waals surface area contributed by atoms with Gasteiger partial charge < -0.3 is 9.88 Å². The third kappa shape index (κ3) is 2.05. The van der Waals surface area contributed by atoms with Crippen LogP contribution in [0.2, 0.25) is 0 Å². The summed E-state index contributed by atoms with van der Waals surface area (Å²) in [5, 5.41) is 11.2. The van der Waals surface area contributed by atoms with Crippen LogP contribution in [0.4, 0.5) is 0 Å². The Hall–Kier alpha value is -0.940. The first-order valence-electron chi connectivity index (χ1n) is 4.62. The highest BCUT2D eigenvalue weighted by Crippen LogP contribution is 2.00. The molecule has 0 atom stereocenters. The fraction of sp³-hybridized carbons (Fsp3) is 0.750. The van der Waals surface area contributed by atoms with Crippen molar-refractivity contribution in [3.8, 4) is 0 Å². The molecule has 1 aliphatic heterocycles. The minimum atomic E-state index is 0.915. The standard InChI is InChI=1S/C8H15N5/c1-12-7-10-11-8(12)6-13-4-2-9-3-5-13/h7,9H,2-6H2,1H3. The van der Waals surface area contributed by atoms with Gasteiger partial charge in [-0.25, -0.2) is 0 Å². The molecule has 0 unspecified atom stereocenters. The second-order valence-electron chi connectivity index (χ2n) is 3.38. The molecule has 1 fully saturated rings. The summed E-state index contributed by atoms with van der Waals surface area (Å²) in [7, 11) is 1.98. The third-order valence-electron chi connectivity index (χ3n) is 2.38. The third-order valence-corrected chi connectivity index (χ3v) is 2.38. The lowest BCUT2D eigenvalue weighted by Crippen LogP contribution is -2.43. The van der Waals surface area contributed by atoms with E-state index in [2.05, 4.69) is 20.4 Å². The van der Waals surface area contributed by atoms with Gasteiger partial charge in [0, 0.05) is 33.2 Å². The maximum atomic E-state index is 4.06. The zero-order valence-electron chi connectivity index (χ0n) is 7.90. The SMILES string of the molecule is Cn1cnnc1CN1CCNCC1. The largest absolute Gasteiger partial charge is 0.320 e. The van der Waals surface area contributed by atoms with Gasteiger partial charge >= 0.3 is 0 Å². The number of hydrogen-bond acceptors (Lipinski definition) is 4. The van der Waals surface area contributed by atoms with E-state index < -0.39 is 0 Å². The zero-order chi connectivity index (χ0) is 9.10. The van der Waals surface area contributed by atoms with E-state index in [1.807, 2.05) is 11.6 Å². The van der Waals surface area contributed by atoms with Crippen molar-refractivity contribution in [1.29, 1.82) is 0 Å². The van der Waals surface area contributed by atoms with Crippen LogP contribution in [0.1, 0.15) is 5.82 Å². The number of hydrogen-bond donors (Lipinski definition) is 1. The van der Waals surface area contributed by atoms with Gasteiger partial charge in [0.1, 0.15) is 12.2 Å². The number of aryl methyl sites for hydroxylation is 1. The van der Waals surface area contributed by atoms with Crippen LogP contribution in [0, 0.1) is 0 Å². The zero-order valence-corrected chi connectivity index (χ0v) is 7.90. The molecule has 0 bridgehead atoms. The van der Waals surface area contributed by atoms with Crippen LogP contribution in [0.15, 0.2) is 6.33 Å². The van der Waals surface area contributed by atoms with Crippen molar-refractivity contribution in [2.24, 2.45) is 7.05 Å². The van der Waals surface area contributed by atoms with E-state index in [9.17, 15) is 0 Å². The molecule has 0 aliphatic carbocycles. The highest BCUT2D eigenvalue weighted by atomic mass is 15.3. The lowest BCUT2D eigenvalue weighted by atomic mass is 10.3. The van der Waals surface area contributed by atoms with Crippen LogP contribution < -0.4 is 5.32 Å². The van der Waals surface area contributed by atoms with Crippen molar-refractivity contribution < 1.29 is 0 Å². The molecular formula is C8H15N5. The van der Waals surface area contributed by atoms with Gasteiger partial charge in [0.15, 0.2) is 0 Å². The second-order valence-corrected chi connectivity index (χ2v) is 3.38. The number of piperazine rings is 1. The molecule has 1 aromatic heterocycles. The molecule has 0 spiro atoms. The lowest BCUT2D eigenvalue weighted by molar-refractivity contribution is 0.225. The maximum absolute atomic E-state index is 4.06. The summed E-state index contributed by atoms with van der Waals surface area (Å²) in [6, 6.07) is 0. The molecule has 2 heterocycles. The monoisotopic (exact) mass is 181 g/mol. The molecule has 5 nitrogen and oxygen atoms in total. The number of nitrogens with zero attached hydrogens (tertiary/aromatic N) is 4. The average Bonchev–Trinajstić information content (AvgIpc) is 2.54. The Kier molecular flexibility index (Phi) is 2.56. The normalized spacial score (nSPS) is 19.2. The van der Waals surface area contributed by atoms with E-state index in [1.165, 1.54) is 0 Å². The van der Waals surface area contributed by atoms with Crippen molar-refractivity contribution in [3.63, 3.8) is 0 Å². The topological polar surface area (TPSA) is 46.0 Å². The van der Waals surface area contributed by atoms with Crippen LogP contribution >= 0.6 is 0 Å². The molecule has 0 saturated carbocycles. The molecule has 1 saturated heterocycles.